The molecule has 0 radical (unpaired) electrons. The molecule has 0 aliphatic rings. The fourth-order valence-electron chi connectivity index (χ4n) is 0.927. The van der Waals surface area contributed by atoms with Gasteiger partial charge in [0.2, 0.25) is 0 Å². The molecular formula is C15H18O. The maximum absolute atomic E-state index is 9.36. The molecule has 0 fully saturated rings. The van der Waals surface area contributed by atoms with E-state index in [2.05, 4.69) is 23.7 Å². The Bertz CT molecular complexity index is 364. The molecule has 0 bridgehead atoms. The fourth-order valence-corrected chi connectivity index (χ4v) is 0.927. The minimum absolute atomic E-state index is 0.350. The molecule has 0 aromatic carbocycles. The number of hydrogen-bond acceptors (Lipinski definition) is 1. The van der Waals surface area contributed by atoms with Crippen LogP contribution in [0, 0.1) is 23.7 Å². The van der Waals surface area contributed by atoms with Gasteiger partial charge in [-0.1, -0.05) is 49.5 Å². The molecule has 0 aromatic heterocycles. The van der Waals surface area contributed by atoms with Crippen molar-refractivity contribution in [2.75, 3.05) is 0 Å². The van der Waals surface area contributed by atoms with E-state index in [9.17, 15) is 5.11 Å². The van der Waals surface area contributed by atoms with Crippen LogP contribution < -0.4 is 0 Å². The minimum Gasteiger partial charge on any atom is -0.389 e. The third-order valence-electron chi connectivity index (χ3n) is 1.67. The van der Waals surface area contributed by atoms with Crippen LogP contribution in [0.5, 0.6) is 0 Å². The number of rotatable bonds is 4. The highest BCUT2D eigenvalue weighted by molar-refractivity contribution is 5.34. The van der Waals surface area contributed by atoms with Gasteiger partial charge in [0.1, 0.15) is 0 Å². The topological polar surface area (TPSA) is 20.2 Å². The van der Waals surface area contributed by atoms with E-state index in [1.807, 2.05) is 19.9 Å². The van der Waals surface area contributed by atoms with Gasteiger partial charge in [-0.2, -0.15) is 0 Å². The standard InChI is InChI=1S/C15H18O/c1-3-5-6-7-8-9-10-11-12-14-15(16)13-4-2/h3,5,10-12,14-16H,4,13H2,1-2H3/b5-3+,11-10-,14-12+/t15-/m1/s1. The predicted octanol–water partition coefficient (Wildman–Crippen LogP) is 2.84. The van der Waals surface area contributed by atoms with Crippen molar-refractivity contribution in [2.24, 2.45) is 0 Å². The van der Waals surface area contributed by atoms with E-state index in [1.54, 1.807) is 30.4 Å². The summed E-state index contributed by atoms with van der Waals surface area (Å²) >= 11 is 0. The van der Waals surface area contributed by atoms with E-state index < -0.39 is 0 Å². The van der Waals surface area contributed by atoms with Gasteiger partial charge < -0.3 is 5.11 Å². The van der Waals surface area contributed by atoms with Gasteiger partial charge in [0.15, 0.2) is 0 Å². The summed E-state index contributed by atoms with van der Waals surface area (Å²) in [6, 6.07) is 0. The van der Waals surface area contributed by atoms with Gasteiger partial charge >= 0.3 is 0 Å². The van der Waals surface area contributed by atoms with Gasteiger partial charge in [-0.15, -0.1) is 0 Å². The molecule has 0 aliphatic carbocycles. The van der Waals surface area contributed by atoms with Crippen molar-refractivity contribution >= 4 is 0 Å². The van der Waals surface area contributed by atoms with Crippen LogP contribution >= 0.6 is 0 Å². The SMILES string of the molecule is C/C=C/C#CC#C/C=C\C=C\[C@H](O)CCC. The van der Waals surface area contributed by atoms with Gasteiger partial charge in [-0.25, -0.2) is 0 Å². The lowest BCUT2D eigenvalue weighted by Crippen LogP contribution is -1.99. The van der Waals surface area contributed by atoms with Crippen molar-refractivity contribution in [3.63, 3.8) is 0 Å². The monoisotopic (exact) mass is 214 g/mol. The summed E-state index contributed by atoms with van der Waals surface area (Å²) in [6.45, 7) is 3.95. The number of hydrogen-bond donors (Lipinski definition) is 1. The first-order chi connectivity index (χ1) is 7.81. The lowest BCUT2D eigenvalue weighted by molar-refractivity contribution is 0.211. The molecule has 16 heavy (non-hydrogen) atoms. The average molecular weight is 214 g/mol. The van der Waals surface area contributed by atoms with Crippen molar-refractivity contribution in [3.8, 4) is 23.7 Å². The summed E-state index contributed by atoms with van der Waals surface area (Å²) in [5.74, 6) is 10.9. The van der Waals surface area contributed by atoms with E-state index in [0.29, 0.717) is 0 Å². The Hall–Kier alpha value is -1.70. The number of aliphatic hydroxyl groups is 1. The number of allylic oxidation sites excluding steroid dienone is 5. The highest BCUT2D eigenvalue weighted by Crippen LogP contribution is 1.96. The molecule has 1 N–H and O–H groups in total. The van der Waals surface area contributed by atoms with Crippen molar-refractivity contribution < 1.29 is 5.11 Å². The predicted molar refractivity (Wildman–Crippen MR) is 69.6 cm³/mol. The molecule has 1 nitrogen and oxygen atoms in total. The first kappa shape index (κ1) is 14.3. The first-order valence-electron chi connectivity index (χ1n) is 5.44. The van der Waals surface area contributed by atoms with Crippen LogP contribution in [0.3, 0.4) is 0 Å². The molecule has 1 heteroatoms. The molecule has 0 saturated heterocycles. The maximum Gasteiger partial charge on any atom is 0.0723 e. The molecule has 0 aliphatic heterocycles. The highest BCUT2D eigenvalue weighted by atomic mass is 16.3. The van der Waals surface area contributed by atoms with Crippen molar-refractivity contribution in [1.82, 2.24) is 0 Å². The quantitative estimate of drug-likeness (QED) is 0.563. The second-order valence-electron chi connectivity index (χ2n) is 3.14. The Balaban J connectivity index is 3.90. The Morgan fingerprint density at radius 1 is 1.12 bits per heavy atom. The maximum atomic E-state index is 9.36. The fraction of sp³-hybridized carbons (Fsp3) is 0.333. The van der Waals surface area contributed by atoms with Crippen LogP contribution in [0.15, 0.2) is 36.5 Å². The van der Waals surface area contributed by atoms with Crippen molar-refractivity contribution in [1.29, 1.82) is 0 Å². The molecule has 0 amide bonds. The molecule has 0 heterocycles. The largest absolute Gasteiger partial charge is 0.389 e. The summed E-state index contributed by atoms with van der Waals surface area (Å²) in [6.07, 6.45) is 12.1. The van der Waals surface area contributed by atoms with Crippen LogP contribution in [-0.4, -0.2) is 11.2 Å². The van der Waals surface area contributed by atoms with Gasteiger partial charge in [-0.3, -0.25) is 0 Å². The van der Waals surface area contributed by atoms with E-state index in [0.717, 1.165) is 12.8 Å². The summed E-state index contributed by atoms with van der Waals surface area (Å²) in [7, 11) is 0. The second-order valence-corrected chi connectivity index (χ2v) is 3.14. The molecule has 84 valence electrons. The van der Waals surface area contributed by atoms with Crippen molar-refractivity contribution in [3.05, 3.63) is 36.5 Å². The van der Waals surface area contributed by atoms with Crippen LogP contribution in [0.1, 0.15) is 26.7 Å². The third-order valence-corrected chi connectivity index (χ3v) is 1.67. The van der Waals surface area contributed by atoms with Crippen molar-refractivity contribution in [2.45, 2.75) is 32.8 Å². The van der Waals surface area contributed by atoms with Gasteiger partial charge in [0.25, 0.3) is 0 Å². The van der Waals surface area contributed by atoms with E-state index >= 15 is 0 Å². The minimum atomic E-state index is -0.350. The summed E-state index contributed by atoms with van der Waals surface area (Å²) in [4.78, 5) is 0. The van der Waals surface area contributed by atoms with Gasteiger partial charge in [-0.05, 0) is 37.3 Å². The summed E-state index contributed by atoms with van der Waals surface area (Å²) < 4.78 is 0. The molecule has 0 rings (SSSR count). The molecule has 0 spiro atoms. The normalized spacial score (nSPS) is 12.4. The lowest BCUT2D eigenvalue weighted by Gasteiger charge is -1.99. The molecule has 0 saturated carbocycles. The zero-order chi connectivity index (χ0) is 12.1. The third kappa shape index (κ3) is 10.4. The molecular weight excluding hydrogens is 196 g/mol. The molecule has 0 aromatic rings. The Labute approximate surface area is 98.6 Å². The van der Waals surface area contributed by atoms with E-state index in [1.165, 1.54) is 0 Å². The lowest BCUT2D eigenvalue weighted by atomic mass is 10.2. The summed E-state index contributed by atoms with van der Waals surface area (Å²) in [5, 5.41) is 9.36. The van der Waals surface area contributed by atoms with E-state index in [4.69, 9.17) is 0 Å². The Morgan fingerprint density at radius 3 is 2.44 bits per heavy atom. The van der Waals surface area contributed by atoms with Gasteiger partial charge in [0, 0.05) is 0 Å². The zero-order valence-electron chi connectivity index (χ0n) is 9.90. The first-order valence-corrected chi connectivity index (χ1v) is 5.44. The van der Waals surface area contributed by atoms with E-state index in [-0.39, 0.29) is 6.10 Å². The smallest absolute Gasteiger partial charge is 0.0723 e. The Kier molecular flexibility index (Phi) is 10.2. The van der Waals surface area contributed by atoms with Crippen LogP contribution in [-0.2, 0) is 0 Å². The van der Waals surface area contributed by atoms with Crippen LogP contribution in [0.4, 0.5) is 0 Å². The molecule has 1 atom stereocenters. The molecule has 0 unspecified atom stereocenters. The number of aliphatic hydroxyl groups excluding tert-OH is 1. The zero-order valence-corrected chi connectivity index (χ0v) is 9.90. The average Bonchev–Trinajstić information content (AvgIpc) is 2.27. The second kappa shape index (κ2) is 11.4. The van der Waals surface area contributed by atoms with Gasteiger partial charge in [0.05, 0.1) is 6.10 Å². The summed E-state index contributed by atoms with van der Waals surface area (Å²) in [5.41, 5.74) is 0. The Morgan fingerprint density at radius 2 is 1.81 bits per heavy atom. The van der Waals surface area contributed by atoms with Crippen LogP contribution in [0.2, 0.25) is 0 Å². The van der Waals surface area contributed by atoms with Crippen LogP contribution in [0.25, 0.3) is 0 Å². The highest BCUT2D eigenvalue weighted by Gasteiger charge is 1.92.